The summed E-state index contributed by atoms with van der Waals surface area (Å²) < 4.78 is 0. The smallest absolute Gasteiger partial charge is 0.159 e. The zero-order valence-electron chi connectivity index (χ0n) is 12.5. The molecular weight excluding hydrogens is 308 g/mol. The Labute approximate surface area is 139 Å². The van der Waals surface area contributed by atoms with Gasteiger partial charge in [-0.05, 0) is 0 Å². The van der Waals surface area contributed by atoms with E-state index in [-0.39, 0.29) is 0 Å². The fourth-order valence-electron chi connectivity index (χ4n) is 2.35. The van der Waals surface area contributed by atoms with E-state index < -0.39 is 0 Å². The highest BCUT2D eigenvalue weighted by Crippen LogP contribution is 2.32. The van der Waals surface area contributed by atoms with Crippen molar-refractivity contribution in [1.29, 1.82) is 5.41 Å². The largest absolute Gasteiger partial charge is 0.371 e. The molecule has 1 heterocycles. The fourth-order valence-corrected chi connectivity index (χ4v) is 2.68. The second-order valence-electron chi connectivity index (χ2n) is 4.94. The van der Waals surface area contributed by atoms with Crippen molar-refractivity contribution in [2.45, 2.75) is 0 Å². The number of benzene rings is 2. The van der Waals surface area contributed by atoms with Crippen LogP contribution in [-0.2, 0) is 0 Å². The minimum atomic E-state index is 0.312. The molecule has 2 N–H and O–H groups in total. The predicted octanol–water partition coefficient (Wildman–Crippen LogP) is 4.25. The molecule has 0 spiro atoms. The van der Waals surface area contributed by atoms with Gasteiger partial charge in [-0.2, -0.15) is 0 Å². The van der Waals surface area contributed by atoms with Gasteiger partial charge in [0.1, 0.15) is 5.69 Å². The molecule has 0 amide bonds. The van der Waals surface area contributed by atoms with E-state index in [1.54, 1.807) is 7.05 Å². The lowest BCUT2D eigenvalue weighted by Gasteiger charge is -2.13. The van der Waals surface area contributed by atoms with Gasteiger partial charge in [-0.25, -0.2) is 0 Å². The zero-order chi connectivity index (χ0) is 16.2. The summed E-state index contributed by atoms with van der Waals surface area (Å²) in [5.41, 5.74) is 3.08. The van der Waals surface area contributed by atoms with Crippen molar-refractivity contribution in [3.05, 3.63) is 76.8 Å². The van der Waals surface area contributed by atoms with Crippen molar-refractivity contribution in [3.8, 4) is 11.3 Å². The lowest BCUT2D eigenvalue weighted by Crippen LogP contribution is -2.10. The van der Waals surface area contributed by atoms with Crippen LogP contribution in [-0.4, -0.2) is 23.0 Å². The van der Waals surface area contributed by atoms with Gasteiger partial charge >= 0.3 is 0 Å². The van der Waals surface area contributed by atoms with Crippen molar-refractivity contribution in [2.75, 3.05) is 12.4 Å². The van der Waals surface area contributed by atoms with E-state index in [0.717, 1.165) is 11.1 Å². The average Bonchev–Trinajstić information content (AvgIpc) is 2.62. The van der Waals surface area contributed by atoms with E-state index in [2.05, 4.69) is 15.5 Å². The number of hydrogen-bond acceptors (Lipinski definition) is 4. The second kappa shape index (κ2) is 6.58. The Hall–Kier alpha value is -2.72. The first-order chi connectivity index (χ1) is 11.2. The fraction of sp³-hybridized carbons (Fsp3) is 0.0556. The number of aromatic nitrogens is 2. The van der Waals surface area contributed by atoms with Gasteiger partial charge < -0.3 is 5.32 Å². The molecule has 0 bridgehead atoms. The van der Waals surface area contributed by atoms with Gasteiger partial charge in [0.05, 0.1) is 16.3 Å². The van der Waals surface area contributed by atoms with Crippen LogP contribution in [0.15, 0.2) is 60.7 Å². The van der Waals surface area contributed by atoms with Crippen LogP contribution in [0.3, 0.4) is 0 Å². The second-order valence-corrected chi connectivity index (χ2v) is 5.32. The minimum absolute atomic E-state index is 0.312. The number of hydrogen-bond donors (Lipinski definition) is 2. The number of rotatable bonds is 4. The van der Waals surface area contributed by atoms with Gasteiger partial charge in [-0.1, -0.05) is 72.3 Å². The highest BCUT2D eigenvalue weighted by atomic mass is 35.5. The highest BCUT2D eigenvalue weighted by Gasteiger charge is 2.20. The Morgan fingerprint density at radius 2 is 1.57 bits per heavy atom. The molecule has 0 aliphatic carbocycles. The van der Waals surface area contributed by atoms with Gasteiger partial charge in [0.15, 0.2) is 5.82 Å². The molecule has 3 rings (SSSR count). The number of nitrogens with one attached hydrogen (secondary N) is 2. The quantitative estimate of drug-likeness (QED) is 0.706. The highest BCUT2D eigenvalue weighted by molar-refractivity contribution is 6.38. The molecule has 23 heavy (non-hydrogen) atoms. The summed E-state index contributed by atoms with van der Waals surface area (Å²) in [4.78, 5) is 0. The summed E-state index contributed by atoms with van der Waals surface area (Å²) in [6, 6.07) is 19.1. The lowest BCUT2D eigenvalue weighted by atomic mass is 10.0. The van der Waals surface area contributed by atoms with E-state index in [4.69, 9.17) is 17.0 Å². The van der Waals surface area contributed by atoms with Crippen LogP contribution in [0.25, 0.3) is 11.3 Å². The first-order valence-electron chi connectivity index (χ1n) is 7.16. The monoisotopic (exact) mass is 322 g/mol. The molecule has 5 heteroatoms. The number of anilines is 1. The van der Waals surface area contributed by atoms with E-state index in [0.29, 0.717) is 27.8 Å². The molecule has 0 atom stereocenters. The van der Waals surface area contributed by atoms with Gasteiger partial charge in [-0.3, -0.25) is 5.41 Å². The van der Waals surface area contributed by atoms with Gasteiger partial charge in [-0.15, -0.1) is 10.2 Å². The Morgan fingerprint density at radius 3 is 2.17 bits per heavy atom. The van der Waals surface area contributed by atoms with Crippen LogP contribution >= 0.6 is 11.6 Å². The van der Waals surface area contributed by atoms with E-state index >= 15 is 0 Å². The molecule has 4 nitrogen and oxygen atoms in total. The zero-order valence-corrected chi connectivity index (χ0v) is 13.3. The standard InChI is InChI=1S/C18H15ClN4/c1-21-18-14(16(20)12-8-4-2-5-9-12)15(19)17(22-23-18)13-10-6-3-7-11-13/h2-11,20H,1H3,(H,21,23). The number of halogens is 1. The minimum Gasteiger partial charge on any atom is -0.371 e. The van der Waals surface area contributed by atoms with Crippen LogP contribution in [0.1, 0.15) is 11.1 Å². The summed E-state index contributed by atoms with van der Waals surface area (Å²) in [6.07, 6.45) is 0. The van der Waals surface area contributed by atoms with Gasteiger partial charge in [0.25, 0.3) is 0 Å². The van der Waals surface area contributed by atoms with Crippen molar-refractivity contribution in [1.82, 2.24) is 10.2 Å². The predicted molar refractivity (Wildman–Crippen MR) is 94.4 cm³/mol. The molecule has 0 fully saturated rings. The van der Waals surface area contributed by atoms with Crippen LogP contribution in [0.5, 0.6) is 0 Å². The third-order valence-corrected chi connectivity index (χ3v) is 3.88. The van der Waals surface area contributed by atoms with Crippen LogP contribution in [0, 0.1) is 5.41 Å². The topological polar surface area (TPSA) is 61.7 Å². The molecule has 3 aromatic rings. The Morgan fingerprint density at radius 1 is 0.957 bits per heavy atom. The summed E-state index contributed by atoms with van der Waals surface area (Å²) >= 11 is 6.59. The van der Waals surface area contributed by atoms with Crippen molar-refractivity contribution in [2.24, 2.45) is 0 Å². The summed E-state index contributed by atoms with van der Waals surface area (Å²) in [7, 11) is 1.74. The molecular formula is C18H15ClN4. The maximum Gasteiger partial charge on any atom is 0.159 e. The Balaban J connectivity index is 2.17. The molecule has 114 valence electrons. The van der Waals surface area contributed by atoms with Crippen LogP contribution in [0.4, 0.5) is 5.82 Å². The first-order valence-corrected chi connectivity index (χ1v) is 7.54. The van der Waals surface area contributed by atoms with Gasteiger partial charge in [0, 0.05) is 18.2 Å². The maximum atomic E-state index is 8.52. The molecule has 0 unspecified atom stereocenters. The normalized spacial score (nSPS) is 10.3. The van der Waals surface area contributed by atoms with Crippen LogP contribution < -0.4 is 5.32 Å². The van der Waals surface area contributed by atoms with E-state index in [9.17, 15) is 0 Å². The average molecular weight is 323 g/mol. The van der Waals surface area contributed by atoms with E-state index in [1.165, 1.54) is 0 Å². The first kappa shape index (κ1) is 15.2. The third kappa shape index (κ3) is 2.94. The number of nitrogens with zero attached hydrogens (tertiary/aromatic N) is 2. The molecule has 2 aromatic carbocycles. The van der Waals surface area contributed by atoms with E-state index in [1.807, 2.05) is 60.7 Å². The molecule has 1 aromatic heterocycles. The van der Waals surface area contributed by atoms with Crippen molar-refractivity contribution in [3.63, 3.8) is 0 Å². The summed E-state index contributed by atoms with van der Waals surface area (Å²) in [5.74, 6) is 0.489. The summed E-state index contributed by atoms with van der Waals surface area (Å²) in [6.45, 7) is 0. The van der Waals surface area contributed by atoms with Crippen molar-refractivity contribution < 1.29 is 0 Å². The molecule has 0 radical (unpaired) electrons. The lowest BCUT2D eigenvalue weighted by molar-refractivity contribution is 1.03. The molecule has 0 aliphatic heterocycles. The van der Waals surface area contributed by atoms with Crippen LogP contribution in [0.2, 0.25) is 5.02 Å². The Bertz CT molecular complexity index is 832. The molecule has 0 saturated heterocycles. The Kier molecular flexibility index (Phi) is 4.35. The molecule has 0 saturated carbocycles. The third-order valence-electron chi connectivity index (χ3n) is 3.51. The maximum absolute atomic E-state index is 8.52. The van der Waals surface area contributed by atoms with Gasteiger partial charge in [0.2, 0.25) is 0 Å². The summed E-state index contributed by atoms with van der Waals surface area (Å²) in [5, 5.41) is 20.3. The molecule has 0 aliphatic rings. The SMILES string of the molecule is CNc1nnc(-c2ccccc2)c(Cl)c1C(=N)c1ccccc1. The van der Waals surface area contributed by atoms with Crippen molar-refractivity contribution >= 4 is 23.1 Å².